The van der Waals surface area contributed by atoms with Crippen molar-refractivity contribution < 1.29 is 4.63 Å². The molecule has 0 atom stereocenters. The predicted octanol–water partition coefficient (Wildman–Crippen LogP) is 1.37. The standard InChI is InChI=1S/C8H9N3O/c1-2-5-3-4-6(9)8-7(5)10-12-11-8/h3-4H,2,9H2,1H3. The third-order valence-electron chi connectivity index (χ3n) is 1.91. The monoisotopic (exact) mass is 163 g/mol. The number of fused-ring (bicyclic) bond motifs is 1. The smallest absolute Gasteiger partial charge is 0.158 e. The molecule has 2 N–H and O–H groups in total. The summed E-state index contributed by atoms with van der Waals surface area (Å²) < 4.78 is 4.61. The molecule has 0 aliphatic heterocycles. The molecule has 4 nitrogen and oxygen atoms in total. The van der Waals surface area contributed by atoms with Crippen LogP contribution in [0, 0.1) is 0 Å². The highest BCUT2D eigenvalue weighted by atomic mass is 16.6. The maximum Gasteiger partial charge on any atom is 0.158 e. The van der Waals surface area contributed by atoms with Crippen LogP contribution in [0.2, 0.25) is 0 Å². The highest BCUT2D eigenvalue weighted by Gasteiger charge is 2.07. The van der Waals surface area contributed by atoms with Gasteiger partial charge in [-0.2, -0.15) is 0 Å². The molecule has 12 heavy (non-hydrogen) atoms. The lowest BCUT2D eigenvalue weighted by molar-refractivity contribution is 0.315. The van der Waals surface area contributed by atoms with Crippen molar-refractivity contribution in [3.63, 3.8) is 0 Å². The van der Waals surface area contributed by atoms with Crippen LogP contribution in [0.3, 0.4) is 0 Å². The van der Waals surface area contributed by atoms with Gasteiger partial charge in [0.2, 0.25) is 0 Å². The number of anilines is 1. The summed E-state index contributed by atoms with van der Waals surface area (Å²) in [6.45, 7) is 2.06. The van der Waals surface area contributed by atoms with Crippen LogP contribution in [0.1, 0.15) is 12.5 Å². The fourth-order valence-electron chi connectivity index (χ4n) is 1.22. The number of nitrogens with zero attached hydrogens (tertiary/aromatic N) is 2. The van der Waals surface area contributed by atoms with Gasteiger partial charge in [0.15, 0.2) is 5.52 Å². The SMILES string of the molecule is CCc1ccc(N)c2nonc12. The van der Waals surface area contributed by atoms with Crippen LogP contribution < -0.4 is 5.73 Å². The van der Waals surface area contributed by atoms with E-state index < -0.39 is 0 Å². The molecule has 0 aliphatic rings. The fourth-order valence-corrected chi connectivity index (χ4v) is 1.22. The van der Waals surface area contributed by atoms with E-state index in [4.69, 9.17) is 5.73 Å². The van der Waals surface area contributed by atoms with E-state index in [0.29, 0.717) is 11.2 Å². The van der Waals surface area contributed by atoms with Crippen LogP contribution in [0.4, 0.5) is 5.69 Å². The van der Waals surface area contributed by atoms with E-state index >= 15 is 0 Å². The Labute approximate surface area is 69.3 Å². The fraction of sp³-hybridized carbons (Fsp3) is 0.250. The number of rotatable bonds is 1. The second kappa shape index (κ2) is 2.48. The number of benzene rings is 1. The van der Waals surface area contributed by atoms with Gasteiger partial charge in [-0.1, -0.05) is 13.0 Å². The zero-order chi connectivity index (χ0) is 8.55. The molecule has 0 amide bonds. The topological polar surface area (TPSA) is 64.9 Å². The molecule has 4 heteroatoms. The summed E-state index contributed by atoms with van der Waals surface area (Å²) in [5.74, 6) is 0. The van der Waals surface area contributed by atoms with Crippen LogP contribution in [0.15, 0.2) is 16.8 Å². The number of hydrogen-bond acceptors (Lipinski definition) is 4. The Hall–Kier alpha value is -1.58. The molecule has 1 aromatic heterocycles. The Morgan fingerprint density at radius 3 is 2.83 bits per heavy atom. The first-order valence-electron chi connectivity index (χ1n) is 3.82. The van der Waals surface area contributed by atoms with Crippen molar-refractivity contribution in [2.75, 3.05) is 5.73 Å². The Kier molecular flexibility index (Phi) is 1.46. The van der Waals surface area contributed by atoms with E-state index in [1.165, 1.54) is 0 Å². The van der Waals surface area contributed by atoms with Crippen LogP contribution in [-0.4, -0.2) is 10.3 Å². The molecule has 0 fully saturated rings. The first-order chi connectivity index (χ1) is 5.83. The molecule has 0 saturated heterocycles. The van der Waals surface area contributed by atoms with Gasteiger partial charge in [0, 0.05) is 0 Å². The van der Waals surface area contributed by atoms with Gasteiger partial charge in [0.1, 0.15) is 5.52 Å². The van der Waals surface area contributed by atoms with Gasteiger partial charge in [0.25, 0.3) is 0 Å². The molecule has 0 saturated carbocycles. The summed E-state index contributed by atoms with van der Waals surface area (Å²) in [6.07, 6.45) is 0.908. The van der Waals surface area contributed by atoms with E-state index in [1.807, 2.05) is 12.1 Å². The molecular formula is C8H9N3O. The average Bonchev–Trinajstić information content (AvgIpc) is 2.54. The van der Waals surface area contributed by atoms with Crippen LogP contribution in [-0.2, 0) is 6.42 Å². The Morgan fingerprint density at radius 1 is 1.33 bits per heavy atom. The number of nitrogen functional groups attached to an aromatic ring is 1. The lowest BCUT2D eigenvalue weighted by atomic mass is 10.1. The van der Waals surface area contributed by atoms with E-state index in [0.717, 1.165) is 17.5 Å². The van der Waals surface area contributed by atoms with Crippen molar-refractivity contribution in [1.82, 2.24) is 10.3 Å². The van der Waals surface area contributed by atoms with Crippen molar-refractivity contribution in [2.24, 2.45) is 0 Å². The summed E-state index contributed by atoms with van der Waals surface area (Å²) in [6, 6.07) is 3.77. The second-order valence-electron chi connectivity index (χ2n) is 2.63. The molecular weight excluding hydrogens is 154 g/mol. The van der Waals surface area contributed by atoms with Crippen LogP contribution >= 0.6 is 0 Å². The minimum Gasteiger partial charge on any atom is -0.397 e. The maximum absolute atomic E-state index is 5.66. The molecule has 62 valence electrons. The summed E-state index contributed by atoms with van der Waals surface area (Å²) >= 11 is 0. The van der Waals surface area contributed by atoms with Gasteiger partial charge in [-0.05, 0) is 28.4 Å². The molecule has 2 rings (SSSR count). The van der Waals surface area contributed by atoms with Crippen molar-refractivity contribution in [3.8, 4) is 0 Å². The van der Waals surface area contributed by atoms with E-state index in [9.17, 15) is 0 Å². The minimum absolute atomic E-state index is 0.614. The molecule has 0 spiro atoms. The first kappa shape index (κ1) is 7.09. The predicted molar refractivity (Wildman–Crippen MR) is 45.6 cm³/mol. The zero-order valence-electron chi connectivity index (χ0n) is 6.74. The number of aromatic nitrogens is 2. The molecule has 1 heterocycles. The van der Waals surface area contributed by atoms with Crippen molar-refractivity contribution in [1.29, 1.82) is 0 Å². The van der Waals surface area contributed by atoms with E-state index in [1.54, 1.807) is 0 Å². The van der Waals surface area contributed by atoms with Crippen LogP contribution in [0.25, 0.3) is 11.0 Å². The maximum atomic E-state index is 5.66. The third kappa shape index (κ3) is 0.845. The highest BCUT2D eigenvalue weighted by molar-refractivity contribution is 5.88. The van der Waals surface area contributed by atoms with Crippen LogP contribution in [0.5, 0.6) is 0 Å². The molecule has 0 aliphatic carbocycles. The average molecular weight is 163 g/mol. The van der Waals surface area contributed by atoms with Gasteiger partial charge in [0.05, 0.1) is 5.69 Å². The van der Waals surface area contributed by atoms with Gasteiger partial charge in [-0.3, -0.25) is 0 Å². The minimum atomic E-state index is 0.614. The van der Waals surface area contributed by atoms with Crippen molar-refractivity contribution in [2.45, 2.75) is 13.3 Å². The van der Waals surface area contributed by atoms with Crippen molar-refractivity contribution >= 4 is 16.7 Å². The van der Waals surface area contributed by atoms with Gasteiger partial charge >= 0.3 is 0 Å². The molecule has 1 aromatic carbocycles. The van der Waals surface area contributed by atoms with Gasteiger partial charge in [-0.25, -0.2) is 4.63 Å². The summed E-state index contributed by atoms with van der Waals surface area (Å²) in [4.78, 5) is 0. The lowest BCUT2D eigenvalue weighted by Crippen LogP contribution is -1.89. The van der Waals surface area contributed by atoms with Crippen molar-refractivity contribution in [3.05, 3.63) is 17.7 Å². The Morgan fingerprint density at radius 2 is 2.08 bits per heavy atom. The molecule has 2 aromatic rings. The highest BCUT2D eigenvalue weighted by Crippen LogP contribution is 2.20. The third-order valence-corrected chi connectivity index (χ3v) is 1.91. The van der Waals surface area contributed by atoms with E-state index in [2.05, 4.69) is 21.9 Å². The van der Waals surface area contributed by atoms with Gasteiger partial charge < -0.3 is 5.73 Å². The lowest BCUT2D eigenvalue weighted by Gasteiger charge is -1.96. The number of aryl methyl sites for hydroxylation is 1. The largest absolute Gasteiger partial charge is 0.397 e. The van der Waals surface area contributed by atoms with Gasteiger partial charge in [-0.15, -0.1) is 0 Å². The molecule has 0 unspecified atom stereocenters. The zero-order valence-corrected chi connectivity index (χ0v) is 6.74. The quantitative estimate of drug-likeness (QED) is 0.645. The second-order valence-corrected chi connectivity index (χ2v) is 2.63. The number of nitrogens with two attached hydrogens (primary N) is 1. The summed E-state index contributed by atoms with van der Waals surface area (Å²) in [5, 5.41) is 7.50. The summed E-state index contributed by atoms with van der Waals surface area (Å²) in [7, 11) is 0. The number of hydrogen-bond donors (Lipinski definition) is 1. The Balaban J connectivity index is 2.82. The Bertz CT molecular complexity index is 408. The molecule has 0 radical (unpaired) electrons. The van der Waals surface area contributed by atoms with E-state index in [-0.39, 0.29) is 0 Å². The molecule has 0 bridgehead atoms. The summed E-state index contributed by atoms with van der Waals surface area (Å²) in [5.41, 5.74) is 8.82. The first-order valence-corrected chi connectivity index (χ1v) is 3.82. The normalized spacial score (nSPS) is 10.8.